The molecular weight excluding hydrogens is 304 g/mol. The van der Waals surface area contributed by atoms with Crippen LogP contribution >= 0.6 is 11.3 Å². The molecule has 0 aliphatic carbocycles. The predicted molar refractivity (Wildman–Crippen MR) is 96.6 cm³/mol. The van der Waals surface area contributed by atoms with E-state index >= 15 is 0 Å². The molecule has 0 saturated heterocycles. The van der Waals surface area contributed by atoms with Gasteiger partial charge in [0.25, 0.3) is 0 Å². The van der Waals surface area contributed by atoms with Crippen LogP contribution in [-0.2, 0) is 6.42 Å². The number of thiophene rings is 1. The Bertz CT molecular complexity index is 1010. The van der Waals surface area contributed by atoms with E-state index in [0.717, 1.165) is 40.8 Å². The van der Waals surface area contributed by atoms with Crippen molar-refractivity contribution in [1.29, 1.82) is 0 Å². The summed E-state index contributed by atoms with van der Waals surface area (Å²) in [6.45, 7) is 2.13. The van der Waals surface area contributed by atoms with Gasteiger partial charge < -0.3 is 5.73 Å². The quantitative estimate of drug-likeness (QED) is 0.606. The van der Waals surface area contributed by atoms with Gasteiger partial charge in [0.1, 0.15) is 5.52 Å². The molecule has 4 nitrogen and oxygen atoms in total. The van der Waals surface area contributed by atoms with E-state index in [1.54, 1.807) is 11.3 Å². The lowest BCUT2D eigenvalue weighted by atomic mass is 10.1. The molecule has 0 aliphatic rings. The monoisotopic (exact) mass is 320 g/mol. The van der Waals surface area contributed by atoms with Crippen LogP contribution in [0.15, 0.2) is 41.8 Å². The molecule has 4 aromatic rings. The standard InChI is InChI=1S/C18H16N4S/c1-2-5-14-17-15(22-18(19)21-14)9-8-13(20-17)12-10-23-16-7-4-3-6-11(12)16/h3-4,6-10H,2,5H2,1H3,(H2,19,21,22). The van der Waals surface area contributed by atoms with Gasteiger partial charge >= 0.3 is 0 Å². The molecule has 1 aromatic carbocycles. The number of aryl methyl sites for hydroxylation is 1. The van der Waals surface area contributed by atoms with Gasteiger partial charge in [0.2, 0.25) is 5.95 Å². The van der Waals surface area contributed by atoms with Crippen molar-refractivity contribution in [3.8, 4) is 11.3 Å². The van der Waals surface area contributed by atoms with Crippen LogP contribution in [0.4, 0.5) is 5.95 Å². The van der Waals surface area contributed by atoms with Crippen LogP contribution in [0.25, 0.3) is 32.4 Å². The second-order valence-corrected chi connectivity index (χ2v) is 6.40. The largest absolute Gasteiger partial charge is 0.368 e. The Hall–Kier alpha value is -2.53. The fraction of sp³-hybridized carbons (Fsp3) is 0.167. The topological polar surface area (TPSA) is 64.7 Å². The van der Waals surface area contributed by atoms with E-state index in [-0.39, 0.29) is 0 Å². The van der Waals surface area contributed by atoms with Crippen molar-refractivity contribution in [2.24, 2.45) is 0 Å². The molecule has 0 unspecified atom stereocenters. The molecule has 0 spiro atoms. The first-order valence-corrected chi connectivity index (χ1v) is 8.54. The zero-order chi connectivity index (χ0) is 15.8. The normalized spacial score (nSPS) is 11.3. The molecule has 3 aromatic heterocycles. The van der Waals surface area contributed by atoms with Gasteiger partial charge in [-0.1, -0.05) is 31.5 Å². The molecule has 2 N–H and O–H groups in total. The summed E-state index contributed by atoms with van der Waals surface area (Å²) in [4.78, 5) is 13.5. The summed E-state index contributed by atoms with van der Waals surface area (Å²) in [5.41, 5.74) is 10.5. The van der Waals surface area contributed by atoms with Gasteiger partial charge in [-0.05, 0) is 24.6 Å². The Morgan fingerprint density at radius 3 is 2.78 bits per heavy atom. The number of hydrogen-bond acceptors (Lipinski definition) is 5. The average Bonchev–Trinajstić information content (AvgIpc) is 2.99. The molecule has 114 valence electrons. The lowest BCUT2D eigenvalue weighted by Crippen LogP contribution is -2.02. The van der Waals surface area contributed by atoms with Crippen LogP contribution in [0.1, 0.15) is 19.0 Å². The van der Waals surface area contributed by atoms with Crippen LogP contribution in [0.3, 0.4) is 0 Å². The van der Waals surface area contributed by atoms with Crippen LogP contribution in [0.2, 0.25) is 0 Å². The van der Waals surface area contributed by atoms with Gasteiger partial charge in [-0.25, -0.2) is 15.0 Å². The van der Waals surface area contributed by atoms with E-state index < -0.39 is 0 Å². The number of anilines is 1. The maximum Gasteiger partial charge on any atom is 0.220 e. The van der Waals surface area contributed by atoms with Crippen LogP contribution in [-0.4, -0.2) is 15.0 Å². The highest BCUT2D eigenvalue weighted by atomic mass is 32.1. The zero-order valence-electron chi connectivity index (χ0n) is 12.8. The summed E-state index contributed by atoms with van der Waals surface area (Å²) >= 11 is 1.74. The minimum atomic E-state index is 0.316. The molecule has 0 aliphatic heterocycles. The number of hydrogen-bond donors (Lipinski definition) is 1. The van der Waals surface area contributed by atoms with Crippen molar-refractivity contribution in [2.45, 2.75) is 19.8 Å². The van der Waals surface area contributed by atoms with Crippen molar-refractivity contribution < 1.29 is 0 Å². The second kappa shape index (κ2) is 5.59. The van der Waals surface area contributed by atoms with Crippen LogP contribution in [0, 0.1) is 0 Å². The molecule has 3 heterocycles. The Morgan fingerprint density at radius 1 is 1.04 bits per heavy atom. The molecule has 0 bridgehead atoms. The summed E-state index contributed by atoms with van der Waals surface area (Å²) in [7, 11) is 0. The van der Waals surface area contributed by atoms with Crippen LogP contribution in [0.5, 0.6) is 0 Å². The minimum absolute atomic E-state index is 0.316. The highest BCUT2D eigenvalue weighted by molar-refractivity contribution is 7.17. The third kappa shape index (κ3) is 2.43. The van der Waals surface area contributed by atoms with Crippen molar-refractivity contribution >= 4 is 38.4 Å². The number of fused-ring (bicyclic) bond motifs is 2. The van der Waals surface area contributed by atoms with E-state index in [1.165, 1.54) is 10.1 Å². The second-order valence-electron chi connectivity index (χ2n) is 5.49. The van der Waals surface area contributed by atoms with Crippen molar-refractivity contribution in [3.05, 3.63) is 47.5 Å². The highest BCUT2D eigenvalue weighted by Crippen LogP contribution is 2.33. The smallest absolute Gasteiger partial charge is 0.220 e. The van der Waals surface area contributed by atoms with Gasteiger partial charge in [-0.2, -0.15) is 0 Å². The van der Waals surface area contributed by atoms with Gasteiger partial charge in [0.15, 0.2) is 0 Å². The summed E-state index contributed by atoms with van der Waals surface area (Å²) in [5, 5.41) is 3.40. The fourth-order valence-electron chi connectivity index (χ4n) is 2.83. The SMILES string of the molecule is CCCc1nc(N)nc2ccc(-c3csc4ccccc34)nc12. The minimum Gasteiger partial charge on any atom is -0.368 e. The number of nitrogens with two attached hydrogens (primary N) is 1. The van der Waals surface area contributed by atoms with E-state index in [4.69, 9.17) is 10.7 Å². The molecule has 0 fully saturated rings. The number of aromatic nitrogens is 3. The molecule has 0 radical (unpaired) electrons. The average molecular weight is 320 g/mol. The number of rotatable bonds is 3. The lowest BCUT2D eigenvalue weighted by Gasteiger charge is -2.07. The lowest BCUT2D eigenvalue weighted by molar-refractivity contribution is 0.885. The van der Waals surface area contributed by atoms with Gasteiger partial charge in [0, 0.05) is 21.0 Å². The summed E-state index contributed by atoms with van der Waals surface area (Å²) in [5.74, 6) is 0.316. The Balaban J connectivity index is 1.94. The first-order valence-electron chi connectivity index (χ1n) is 7.66. The fourth-order valence-corrected chi connectivity index (χ4v) is 3.79. The summed E-state index contributed by atoms with van der Waals surface area (Å²) < 4.78 is 1.27. The van der Waals surface area contributed by atoms with Gasteiger partial charge in [0.05, 0.1) is 16.9 Å². The Labute approximate surface area is 138 Å². The number of pyridine rings is 1. The van der Waals surface area contributed by atoms with E-state index in [0.29, 0.717) is 5.95 Å². The van der Waals surface area contributed by atoms with Gasteiger partial charge in [-0.3, -0.25) is 0 Å². The van der Waals surface area contributed by atoms with Gasteiger partial charge in [-0.15, -0.1) is 11.3 Å². The Morgan fingerprint density at radius 2 is 1.91 bits per heavy atom. The van der Waals surface area contributed by atoms with E-state index in [2.05, 4.69) is 46.5 Å². The number of benzene rings is 1. The first-order chi connectivity index (χ1) is 11.3. The molecular formula is C18H16N4S. The third-order valence-corrected chi connectivity index (χ3v) is 4.84. The summed E-state index contributed by atoms with van der Waals surface area (Å²) in [6, 6.07) is 12.4. The van der Waals surface area contributed by atoms with E-state index in [1.807, 2.05) is 12.1 Å². The first kappa shape index (κ1) is 14.1. The highest BCUT2D eigenvalue weighted by Gasteiger charge is 2.12. The van der Waals surface area contributed by atoms with Crippen LogP contribution < -0.4 is 5.73 Å². The number of nitrogen functional groups attached to an aromatic ring is 1. The van der Waals surface area contributed by atoms with Crippen molar-refractivity contribution in [1.82, 2.24) is 15.0 Å². The zero-order valence-corrected chi connectivity index (χ0v) is 13.6. The van der Waals surface area contributed by atoms with E-state index in [9.17, 15) is 0 Å². The number of nitrogens with zero attached hydrogens (tertiary/aromatic N) is 3. The molecule has 23 heavy (non-hydrogen) atoms. The maximum atomic E-state index is 5.81. The maximum absolute atomic E-state index is 5.81. The molecule has 4 rings (SSSR count). The van der Waals surface area contributed by atoms with Crippen molar-refractivity contribution in [3.63, 3.8) is 0 Å². The third-order valence-electron chi connectivity index (χ3n) is 3.88. The molecule has 5 heteroatoms. The molecule has 0 atom stereocenters. The van der Waals surface area contributed by atoms with Crippen molar-refractivity contribution in [2.75, 3.05) is 5.73 Å². The summed E-state index contributed by atoms with van der Waals surface area (Å²) in [6.07, 6.45) is 1.85. The molecule has 0 saturated carbocycles. The molecule has 0 amide bonds. The predicted octanol–water partition coefficient (Wildman–Crippen LogP) is 4.44. The Kier molecular flexibility index (Phi) is 3.42.